The first kappa shape index (κ1) is 37.4. The maximum Gasteiger partial charge on any atom is 0.490 e. The highest BCUT2D eigenvalue weighted by Crippen LogP contribution is 2.24. The topological polar surface area (TPSA) is 142 Å². The van der Waals surface area contributed by atoms with Crippen molar-refractivity contribution < 1.29 is 36.7 Å². The Kier molecular flexibility index (Phi) is 14.1. The van der Waals surface area contributed by atoms with Crippen molar-refractivity contribution in [2.24, 2.45) is 0 Å². The first-order chi connectivity index (χ1) is 22.4. The Hall–Kier alpha value is -4.10. The number of nitrogen functional groups attached to an aromatic ring is 2. The van der Waals surface area contributed by atoms with Gasteiger partial charge in [0.2, 0.25) is 0 Å². The third kappa shape index (κ3) is 11.9. The summed E-state index contributed by atoms with van der Waals surface area (Å²) < 4.78 is 42.6. The molecule has 5 N–H and O–H groups in total. The summed E-state index contributed by atoms with van der Waals surface area (Å²) in [6.45, 7) is 4.17. The molecule has 1 aliphatic rings. The van der Waals surface area contributed by atoms with Crippen molar-refractivity contribution in [2.45, 2.75) is 57.2 Å². The Morgan fingerprint density at radius 1 is 0.936 bits per heavy atom. The van der Waals surface area contributed by atoms with Crippen LogP contribution in [0.15, 0.2) is 54.6 Å². The number of nitrogens with zero attached hydrogens (tertiary/aromatic N) is 3. The Labute approximate surface area is 278 Å². The maximum atomic E-state index is 13.1. The van der Waals surface area contributed by atoms with Crippen molar-refractivity contribution >= 4 is 35.1 Å². The zero-order valence-corrected chi connectivity index (χ0v) is 27.4. The molecule has 0 bridgehead atoms. The third-order valence-electron chi connectivity index (χ3n) is 8.11. The SMILES string of the molecule is COC(=O)C(F)(F)F.COc1ccc(CCC[N+]2(CCCCc3ccccc3)CCCC(NC(=O)c3nc(Cl)c(N)nc3N)C2)cc1. The molecule has 0 saturated carbocycles. The van der Waals surface area contributed by atoms with Crippen molar-refractivity contribution in [1.29, 1.82) is 0 Å². The predicted octanol–water partition coefficient (Wildman–Crippen LogP) is 5.39. The smallest absolute Gasteiger partial charge is 0.490 e. The minimum atomic E-state index is -4.85. The van der Waals surface area contributed by atoms with Crippen molar-refractivity contribution in [3.63, 3.8) is 0 Å². The fourth-order valence-electron chi connectivity index (χ4n) is 5.77. The zero-order valence-electron chi connectivity index (χ0n) is 26.7. The lowest BCUT2D eigenvalue weighted by Crippen LogP contribution is -2.60. The second-order valence-corrected chi connectivity index (χ2v) is 11.9. The predicted molar refractivity (Wildman–Crippen MR) is 175 cm³/mol. The molecule has 2 unspecified atom stereocenters. The number of unbranched alkanes of at least 4 members (excludes halogenated alkanes) is 1. The van der Waals surface area contributed by atoms with Gasteiger partial charge < -0.3 is 30.7 Å². The summed E-state index contributed by atoms with van der Waals surface area (Å²) in [5.41, 5.74) is 14.3. The average molecular weight is 680 g/mol. The Morgan fingerprint density at radius 3 is 2.19 bits per heavy atom. The van der Waals surface area contributed by atoms with Gasteiger partial charge in [0.05, 0.1) is 46.4 Å². The van der Waals surface area contributed by atoms with E-state index in [0.717, 1.165) is 81.4 Å². The first-order valence-corrected chi connectivity index (χ1v) is 15.8. The van der Waals surface area contributed by atoms with Crippen molar-refractivity contribution in [2.75, 3.05) is 51.9 Å². The fraction of sp³-hybridized carbons (Fsp3) is 0.455. The van der Waals surface area contributed by atoms with E-state index in [9.17, 15) is 22.8 Å². The van der Waals surface area contributed by atoms with Crippen LogP contribution < -0.4 is 21.5 Å². The van der Waals surface area contributed by atoms with E-state index in [1.54, 1.807) is 7.11 Å². The van der Waals surface area contributed by atoms with Crippen molar-refractivity contribution in [3.05, 3.63) is 76.6 Å². The van der Waals surface area contributed by atoms with Gasteiger partial charge in [-0.1, -0.05) is 54.1 Å². The molecule has 2 heterocycles. The number of nitrogens with one attached hydrogen (secondary N) is 1. The Bertz CT molecular complexity index is 1450. The molecule has 0 aliphatic carbocycles. The molecule has 0 radical (unpaired) electrons. The van der Waals surface area contributed by atoms with Gasteiger partial charge in [0.25, 0.3) is 5.91 Å². The molecular formula is C33H43ClF3N6O4+. The Morgan fingerprint density at radius 2 is 1.57 bits per heavy atom. The van der Waals surface area contributed by atoms with Crippen LogP contribution in [0.5, 0.6) is 5.75 Å². The lowest BCUT2D eigenvalue weighted by Gasteiger charge is -2.45. The summed E-state index contributed by atoms with van der Waals surface area (Å²) in [7, 11) is 2.37. The van der Waals surface area contributed by atoms with E-state index in [4.69, 9.17) is 27.8 Å². The summed E-state index contributed by atoms with van der Waals surface area (Å²) in [5.74, 6) is -1.63. The van der Waals surface area contributed by atoms with Crippen LogP contribution in [0.2, 0.25) is 5.15 Å². The lowest BCUT2D eigenvalue weighted by molar-refractivity contribution is -0.933. The number of benzene rings is 2. The maximum absolute atomic E-state index is 13.1. The van der Waals surface area contributed by atoms with Gasteiger partial charge in [-0.25, -0.2) is 14.8 Å². The molecule has 10 nitrogen and oxygen atoms in total. The molecule has 3 aromatic rings. The molecular weight excluding hydrogens is 637 g/mol. The number of esters is 1. The number of piperidine rings is 1. The van der Waals surface area contributed by atoms with Crippen LogP contribution in [0.4, 0.5) is 24.8 Å². The van der Waals surface area contributed by atoms with Crippen LogP contribution in [-0.4, -0.2) is 78.9 Å². The summed E-state index contributed by atoms with van der Waals surface area (Å²) in [6, 6.07) is 19.0. The van der Waals surface area contributed by atoms with E-state index in [-0.39, 0.29) is 34.4 Å². The molecule has 0 spiro atoms. The van der Waals surface area contributed by atoms with E-state index in [1.807, 2.05) is 12.1 Å². The van der Waals surface area contributed by atoms with E-state index in [2.05, 4.69) is 62.5 Å². The van der Waals surface area contributed by atoms with Gasteiger partial charge >= 0.3 is 12.1 Å². The number of carbonyl (C=O) groups is 2. The molecule has 256 valence electrons. The standard InChI is InChI=1S/C30H39ClN6O2.C3H3F3O2/c1-39-25-16-14-23(15-17-25)12-7-19-37(18-6-5-11-22-9-3-2-4-10-22)20-8-13-24(21-37)34-30(38)26-28(32)36-29(33)27(31)35-26;1-8-2(7)3(4,5)6/h2-4,9-10,14-17,24H,5-8,11-13,18-21H2,1H3,(H4-,32,33,34,36,38);1H3/p+1. The van der Waals surface area contributed by atoms with Gasteiger partial charge in [-0.15, -0.1) is 0 Å². The number of hydrogen-bond donors (Lipinski definition) is 3. The number of hydrogen-bond acceptors (Lipinski definition) is 8. The highest BCUT2D eigenvalue weighted by Gasteiger charge is 2.40. The number of alkyl halides is 3. The molecule has 1 saturated heterocycles. The van der Waals surface area contributed by atoms with Crippen molar-refractivity contribution in [1.82, 2.24) is 15.3 Å². The zero-order chi connectivity index (χ0) is 34.5. The molecule has 2 aromatic carbocycles. The van der Waals surface area contributed by atoms with E-state index < -0.39 is 12.1 Å². The number of halogens is 4. The number of aromatic nitrogens is 2. The number of nitrogens with two attached hydrogens (primary N) is 2. The second kappa shape index (κ2) is 17.7. The summed E-state index contributed by atoms with van der Waals surface area (Å²) in [5, 5.41) is 3.15. The van der Waals surface area contributed by atoms with Crippen LogP contribution >= 0.6 is 11.6 Å². The van der Waals surface area contributed by atoms with Crippen LogP contribution in [0, 0.1) is 0 Å². The third-order valence-corrected chi connectivity index (χ3v) is 8.39. The number of ether oxygens (including phenoxy) is 2. The van der Waals surface area contributed by atoms with Crippen LogP contribution in [0.25, 0.3) is 0 Å². The molecule has 1 fully saturated rings. The number of amides is 1. The van der Waals surface area contributed by atoms with Crippen molar-refractivity contribution in [3.8, 4) is 5.75 Å². The highest BCUT2D eigenvalue weighted by molar-refractivity contribution is 6.31. The van der Waals surface area contributed by atoms with Gasteiger partial charge in [0, 0.05) is 6.42 Å². The van der Waals surface area contributed by atoms with Gasteiger partial charge in [0.1, 0.15) is 5.75 Å². The largest absolute Gasteiger partial charge is 0.497 e. The fourth-order valence-corrected chi connectivity index (χ4v) is 5.90. The quantitative estimate of drug-likeness (QED) is 0.131. The molecule has 4 rings (SSSR count). The van der Waals surface area contributed by atoms with Gasteiger partial charge in [-0.2, -0.15) is 13.2 Å². The highest BCUT2D eigenvalue weighted by atomic mass is 35.5. The van der Waals surface area contributed by atoms with E-state index in [1.165, 1.54) is 11.1 Å². The number of rotatable bonds is 12. The van der Waals surface area contributed by atoms with Gasteiger partial charge in [-0.05, 0) is 61.8 Å². The van der Waals surface area contributed by atoms with Gasteiger partial charge in [-0.3, -0.25) is 4.79 Å². The number of likely N-dealkylation sites (tertiary alicyclic amines) is 1. The molecule has 1 aromatic heterocycles. The molecule has 1 aliphatic heterocycles. The van der Waals surface area contributed by atoms with Gasteiger partial charge in [0.15, 0.2) is 22.5 Å². The monoisotopic (exact) mass is 679 g/mol. The summed E-state index contributed by atoms with van der Waals surface area (Å²) in [4.78, 5) is 30.6. The minimum Gasteiger partial charge on any atom is -0.497 e. The van der Waals surface area contributed by atoms with Crippen LogP contribution in [0.1, 0.15) is 53.7 Å². The molecule has 47 heavy (non-hydrogen) atoms. The normalized spacial score (nSPS) is 17.6. The summed E-state index contributed by atoms with van der Waals surface area (Å²) in [6.07, 6.45) is 2.59. The number of aryl methyl sites for hydroxylation is 2. The summed E-state index contributed by atoms with van der Waals surface area (Å²) >= 11 is 6.01. The van der Waals surface area contributed by atoms with E-state index >= 15 is 0 Å². The Balaban J connectivity index is 0.000000665. The number of methoxy groups -OCH3 is 2. The lowest BCUT2D eigenvalue weighted by atomic mass is 9.99. The van der Waals surface area contributed by atoms with Crippen LogP contribution in [-0.2, 0) is 22.4 Å². The molecule has 1 amide bonds. The van der Waals surface area contributed by atoms with Crippen LogP contribution in [0.3, 0.4) is 0 Å². The second-order valence-electron chi connectivity index (χ2n) is 11.5. The number of anilines is 2. The minimum absolute atomic E-state index is 0.00799. The molecule has 2 atom stereocenters. The molecule has 14 heteroatoms. The average Bonchev–Trinajstić information content (AvgIpc) is 3.05. The number of quaternary nitrogens is 1. The van der Waals surface area contributed by atoms with E-state index in [0.29, 0.717) is 7.11 Å². The first-order valence-electron chi connectivity index (χ1n) is 15.4. The number of carbonyl (C=O) groups excluding carboxylic acids is 2.